The van der Waals surface area contributed by atoms with Gasteiger partial charge in [-0.2, -0.15) is 0 Å². The Kier molecular flexibility index (Phi) is 5.07. The largest absolute Gasteiger partial charge is 0.462 e. The fraction of sp³-hybridized carbons (Fsp3) is 0.211. The van der Waals surface area contributed by atoms with Gasteiger partial charge in [-0.25, -0.2) is 14.2 Å². The zero-order valence-corrected chi connectivity index (χ0v) is 15.2. The summed E-state index contributed by atoms with van der Waals surface area (Å²) in [5.74, 6) is -1.46. The second-order valence-corrected chi connectivity index (χ2v) is 5.94. The lowest BCUT2D eigenvalue weighted by atomic mass is 10.1. The number of hydrogen-bond donors (Lipinski definition) is 2. The van der Waals surface area contributed by atoms with Gasteiger partial charge in [0.1, 0.15) is 11.5 Å². The zero-order chi connectivity index (χ0) is 19.6. The van der Waals surface area contributed by atoms with Gasteiger partial charge >= 0.3 is 5.97 Å². The molecule has 0 aliphatic rings. The van der Waals surface area contributed by atoms with Crippen molar-refractivity contribution in [3.05, 3.63) is 65.3 Å². The summed E-state index contributed by atoms with van der Waals surface area (Å²) in [4.78, 5) is 31.4. The number of halogens is 1. The molecule has 2 N–H and O–H groups in total. The van der Waals surface area contributed by atoms with Crippen molar-refractivity contribution < 1.29 is 18.7 Å². The van der Waals surface area contributed by atoms with Crippen LogP contribution in [-0.4, -0.2) is 33.0 Å². The quantitative estimate of drug-likeness (QED) is 0.674. The van der Waals surface area contributed by atoms with Crippen molar-refractivity contribution in [1.29, 1.82) is 0 Å². The maximum Gasteiger partial charge on any atom is 0.340 e. The first-order chi connectivity index (χ1) is 12.9. The molecule has 7 nitrogen and oxygen atoms in total. The van der Waals surface area contributed by atoms with Gasteiger partial charge in [0.25, 0.3) is 5.91 Å². The van der Waals surface area contributed by atoms with Crippen LogP contribution in [0.25, 0.3) is 5.69 Å². The average Bonchev–Trinajstić information content (AvgIpc) is 3.23. The molecule has 27 heavy (non-hydrogen) atoms. The molecule has 8 heteroatoms. The maximum atomic E-state index is 14.3. The summed E-state index contributed by atoms with van der Waals surface area (Å²) in [5.41, 5.74) is 2.21. The maximum absolute atomic E-state index is 14.3. The van der Waals surface area contributed by atoms with Gasteiger partial charge in [-0.05, 0) is 44.5 Å². The number of benzene rings is 1. The second kappa shape index (κ2) is 7.45. The number of H-pyrrole nitrogens is 1. The number of nitrogens with one attached hydrogen (secondary N) is 2. The summed E-state index contributed by atoms with van der Waals surface area (Å²) in [5, 5.41) is 2.64. The third-order valence-electron chi connectivity index (χ3n) is 4.13. The number of rotatable bonds is 5. The Morgan fingerprint density at radius 1 is 1.33 bits per heavy atom. The van der Waals surface area contributed by atoms with E-state index in [0.29, 0.717) is 28.2 Å². The van der Waals surface area contributed by atoms with E-state index in [2.05, 4.69) is 15.3 Å². The average molecular weight is 370 g/mol. The molecule has 0 radical (unpaired) electrons. The number of aromatic nitrogens is 3. The van der Waals surface area contributed by atoms with E-state index < -0.39 is 17.7 Å². The van der Waals surface area contributed by atoms with E-state index >= 15 is 0 Å². The van der Waals surface area contributed by atoms with E-state index in [4.69, 9.17) is 4.74 Å². The van der Waals surface area contributed by atoms with Gasteiger partial charge in [-0.1, -0.05) is 0 Å². The Morgan fingerprint density at radius 3 is 2.74 bits per heavy atom. The topological polar surface area (TPSA) is 89.0 Å². The first-order valence-corrected chi connectivity index (χ1v) is 8.37. The summed E-state index contributed by atoms with van der Waals surface area (Å²) in [6.45, 7) is 5.31. The van der Waals surface area contributed by atoms with Crippen molar-refractivity contribution >= 4 is 17.6 Å². The van der Waals surface area contributed by atoms with Crippen LogP contribution in [0.4, 0.5) is 10.1 Å². The number of esters is 1. The predicted molar refractivity (Wildman–Crippen MR) is 97.7 cm³/mol. The SMILES string of the molecule is CCOC(=O)c1c(C)[nH]c(C(=O)Nc2ccc(-n3ccnc3)c(F)c2)c1C. The highest BCUT2D eigenvalue weighted by Gasteiger charge is 2.23. The fourth-order valence-electron chi connectivity index (χ4n) is 2.88. The van der Waals surface area contributed by atoms with Crippen LogP contribution in [0, 0.1) is 19.7 Å². The van der Waals surface area contributed by atoms with Gasteiger partial charge < -0.3 is 19.6 Å². The summed E-state index contributed by atoms with van der Waals surface area (Å²) in [6, 6.07) is 4.36. The number of aromatic amines is 1. The Balaban J connectivity index is 1.83. The lowest BCUT2D eigenvalue weighted by Gasteiger charge is -2.08. The van der Waals surface area contributed by atoms with Crippen LogP contribution < -0.4 is 5.32 Å². The van der Waals surface area contributed by atoms with Crippen molar-refractivity contribution in [2.75, 3.05) is 11.9 Å². The number of anilines is 1. The number of carbonyl (C=O) groups excluding carboxylic acids is 2. The fourth-order valence-corrected chi connectivity index (χ4v) is 2.88. The van der Waals surface area contributed by atoms with Crippen LogP contribution in [-0.2, 0) is 4.74 Å². The van der Waals surface area contributed by atoms with Crippen molar-refractivity contribution in [3.63, 3.8) is 0 Å². The first kappa shape index (κ1) is 18.4. The smallest absolute Gasteiger partial charge is 0.340 e. The van der Waals surface area contributed by atoms with Crippen molar-refractivity contribution in [3.8, 4) is 5.69 Å². The molecule has 0 aliphatic heterocycles. The summed E-state index contributed by atoms with van der Waals surface area (Å²) < 4.78 is 20.9. The number of aryl methyl sites for hydroxylation is 1. The minimum absolute atomic E-state index is 0.231. The van der Waals surface area contributed by atoms with E-state index in [1.54, 1.807) is 45.3 Å². The van der Waals surface area contributed by atoms with Crippen LogP contribution in [0.5, 0.6) is 0 Å². The third-order valence-corrected chi connectivity index (χ3v) is 4.13. The van der Waals surface area contributed by atoms with E-state index in [1.165, 1.54) is 17.0 Å². The van der Waals surface area contributed by atoms with Crippen molar-refractivity contribution in [1.82, 2.24) is 14.5 Å². The molecule has 2 aromatic heterocycles. The monoisotopic (exact) mass is 370 g/mol. The van der Waals surface area contributed by atoms with E-state index in [9.17, 15) is 14.0 Å². The molecule has 1 aromatic carbocycles. The lowest BCUT2D eigenvalue weighted by molar-refractivity contribution is 0.0525. The minimum atomic E-state index is -0.502. The number of hydrogen-bond acceptors (Lipinski definition) is 4. The molecule has 3 rings (SSSR count). The molecule has 0 atom stereocenters. The van der Waals surface area contributed by atoms with Crippen LogP contribution in [0.2, 0.25) is 0 Å². The van der Waals surface area contributed by atoms with E-state index in [0.717, 1.165) is 0 Å². The van der Waals surface area contributed by atoms with Gasteiger partial charge in [-0.3, -0.25) is 4.79 Å². The molecule has 0 aliphatic carbocycles. The van der Waals surface area contributed by atoms with Crippen LogP contribution in [0.1, 0.15) is 39.0 Å². The van der Waals surface area contributed by atoms with E-state index in [-0.39, 0.29) is 12.3 Å². The Labute approximate surface area is 155 Å². The third kappa shape index (κ3) is 3.59. The Bertz CT molecular complexity index is 993. The molecular formula is C19H19FN4O3. The molecule has 0 spiro atoms. The number of amides is 1. The van der Waals surface area contributed by atoms with Crippen LogP contribution >= 0.6 is 0 Å². The molecular weight excluding hydrogens is 351 g/mol. The van der Waals surface area contributed by atoms with Gasteiger partial charge in [0.2, 0.25) is 0 Å². The molecule has 0 fully saturated rings. The molecule has 0 saturated carbocycles. The predicted octanol–water partition coefficient (Wildman–Crippen LogP) is 3.39. The number of imidazole rings is 1. The Morgan fingerprint density at radius 2 is 2.11 bits per heavy atom. The zero-order valence-electron chi connectivity index (χ0n) is 15.2. The number of carbonyl (C=O) groups is 2. The highest BCUT2D eigenvalue weighted by Crippen LogP contribution is 2.22. The van der Waals surface area contributed by atoms with Gasteiger partial charge in [-0.15, -0.1) is 0 Å². The van der Waals surface area contributed by atoms with Gasteiger partial charge in [0.05, 0.1) is 24.2 Å². The minimum Gasteiger partial charge on any atom is -0.462 e. The number of nitrogens with zero attached hydrogens (tertiary/aromatic N) is 2. The molecule has 140 valence electrons. The van der Waals surface area contributed by atoms with Crippen LogP contribution in [0.15, 0.2) is 36.9 Å². The van der Waals surface area contributed by atoms with E-state index in [1.807, 2.05) is 0 Å². The highest BCUT2D eigenvalue weighted by molar-refractivity contribution is 6.06. The normalized spacial score (nSPS) is 10.7. The Hall–Kier alpha value is -3.42. The summed E-state index contributed by atoms with van der Waals surface area (Å²) in [7, 11) is 0. The van der Waals surface area contributed by atoms with Crippen molar-refractivity contribution in [2.45, 2.75) is 20.8 Å². The second-order valence-electron chi connectivity index (χ2n) is 5.94. The molecule has 0 unspecified atom stereocenters. The molecule has 0 bridgehead atoms. The highest BCUT2D eigenvalue weighted by atomic mass is 19.1. The van der Waals surface area contributed by atoms with Crippen LogP contribution in [0.3, 0.4) is 0 Å². The standard InChI is InChI=1S/C19H19FN4O3/c1-4-27-19(26)16-11(2)17(22-12(16)3)18(25)23-13-5-6-15(14(20)9-13)24-8-7-21-10-24/h5-10,22H,4H2,1-3H3,(H,23,25). The lowest BCUT2D eigenvalue weighted by Crippen LogP contribution is -2.14. The number of ether oxygens (including phenoxy) is 1. The summed E-state index contributed by atoms with van der Waals surface area (Å²) in [6.07, 6.45) is 4.66. The summed E-state index contributed by atoms with van der Waals surface area (Å²) >= 11 is 0. The molecule has 1 amide bonds. The van der Waals surface area contributed by atoms with Gasteiger partial charge in [0.15, 0.2) is 0 Å². The molecule has 2 heterocycles. The van der Waals surface area contributed by atoms with Gasteiger partial charge in [0, 0.05) is 23.8 Å². The van der Waals surface area contributed by atoms with Crippen molar-refractivity contribution in [2.24, 2.45) is 0 Å². The molecule has 3 aromatic rings. The first-order valence-electron chi connectivity index (χ1n) is 8.37. The molecule has 0 saturated heterocycles.